The van der Waals surface area contributed by atoms with Crippen LogP contribution < -0.4 is 0 Å². The van der Waals surface area contributed by atoms with Gasteiger partial charge in [0.1, 0.15) is 0 Å². The number of halogens is 1. The van der Waals surface area contributed by atoms with Crippen LogP contribution in [0.4, 0.5) is 0 Å². The van der Waals surface area contributed by atoms with E-state index in [4.69, 9.17) is 4.74 Å². The molecule has 0 spiro atoms. The molecule has 10 heteroatoms. The average Bonchev–Trinajstić information content (AvgIpc) is 3.48. The van der Waals surface area contributed by atoms with Crippen LogP contribution in [0.5, 0.6) is 0 Å². The van der Waals surface area contributed by atoms with E-state index in [1.165, 1.54) is 11.1 Å². The van der Waals surface area contributed by atoms with Gasteiger partial charge in [0.25, 0.3) is 10.0 Å². The van der Waals surface area contributed by atoms with Crippen molar-refractivity contribution in [1.82, 2.24) is 18.7 Å². The molecule has 5 rings (SSSR count). The maximum Gasteiger partial charge on any atom is 0.337 e. The number of ether oxygens (including phenoxy) is 1. The Labute approximate surface area is 216 Å². The van der Waals surface area contributed by atoms with Crippen LogP contribution in [-0.4, -0.2) is 40.2 Å². The Morgan fingerprint density at radius 2 is 1.83 bits per heavy atom. The number of rotatable bonds is 6. The van der Waals surface area contributed by atoms with Gasteiger partial charge in [-0.2, -0.15) is 5.10 Å². The number of benzene rings is 2. The van der Waals surface area contributed by atoms with Gasteiger partial charge in [-0.25, -0.2) is 22.2 Å². The monoisotopic (exact) mass is 564 g/mol. The number of methoxy groups -OCH3 is 1. The molecule has 0 aliphatic heterocycles. The maximum absolute atomic E-state index is 13.5. The molecule has 3 heterocycles. The minimum Gasteiger partial charge on any atom is -0.465 e. The van der Waals surface area contributed by atoms with E-state index in [2.05, 4.69) is 26.0 Å². The van der Waals surface area contributed by atoms with Gasteiger partial charge in [-0.1, -0.05) is 29.8 Å². The summed E-state index contributed by atoms with van der Waals surface area (Å²) in [5.74, 6) is -0.404. The number of carbonyl (C=O) groups excluding carboxylic acids is 1. The molecule has 2 aromatic carbocycles. The molecule has 5 aromatic rings. The third kappa shape index (κ3) is 4.45. The fourth-order valence-corrected chi connectivity index (χ4v) is 5.64. The Hall–Kier alpha value is -3.76. The first-order chi connectivity index (χ1) is 17.3. The summed E-state index contributed by atoms with van der Waals surface area (Å²) in [6, 6.07) is 15.7. The fraction of sp³-hybridized carbons (Fsp3) is 0.115. The van der Waals surface area contributed by atoms with Crippen molar-refractivity contribution in [3.8, 4) is 11.1 Å². The standard InChI is InChI=1S/C26H21BrN4O4S/c1-17-6-8-22(9-7-17)36(33,34)31-16-24(23-11-21(27)13-28-25(23)31)20-12-29-30(15-20)14-18-4-3-5-19(10-18)26(32)35-2/h3-13,15-16H,14H2,1-2H3. The summed E-state index contributed by atoms with van der Waals surface area (Å²) < 4.78 is 35.5. The molecule has 182 valence electrons. The number of hydrogen-bond donors (Lipinski definition) is 0. The quantitative estimate of drug-likeness (QED) is 0.268. The van der Waals surface area contributed by atoms with Gasteiger partial charge in [-0.05, 0) is 58.7 Å². The molecule has 0 aliphatic carbocycles. The number of hydrogen-bond acceptors (Lipinski definition) is 6. The van der Waals surface area contributed by atoms with Crippen molar-refractivity contribution in [2.75, 3.05) is 7.11 Å². The van der Waals surface area contributed by atoms with Gasteiger partial charge >= 0.3 is 5.97 Å². The second-order valence-electron chi connectivity index (χ2n) is 8.30. The van der Waals surface area contributed by atoms with Gasteiger partial charge in [0.2, 0.25) is 0 Å². The number of aromatic nitrogens is 4. The largest absolute Gasteiger partial charge is 0.465 e. The van der Waals surface area contributed by atoms with Crippen molar-refractivity contribution >= 4 is 43.0 Å². The van der Waals surface area contributed by atoms with Crippen molar-refractivity contribution in [3.05, 3.63) is 101 Å². The van der Waals surface area contributed by atoms with E-state index >= 15 is 0 Å². The zero-order chi connectivity index (χ0) is 25.4. The van der Waals surface area contributed by atoms with Crippen LogP contribution >= 0.6 is 15.9 Å². The van der Waals surface area contributed by atoms with Crippen molar-refractivity contribution < 1.29 is 17.9 Å². The molecule has 0 fully saturated rings. The van der Waals surface area contributed by atoms with E-state index in [0.29, 0.717) is 28.7 Å². The van der Waals surface area contributed by atoms with E-state index in [1.807, 2.05) is 25.3 Å². The van der Waals surface area contributed by atoms with E-state index in [9.17, 15) is 13.2 Å². The maximum atomic E-state index is 13.5. The van der Waals surface area contributed by atoms with Crippen LogP contribution in [0.15, 0.2) is 88.8 Å². The van der Waals surface area contributed by atoms with Gasteiger partial charge in [-0.15, -0.1) is 0 Å². The molecule has 0 aliphatic rings. The summed E-state index contributed by atoms with van der Waals surface area (Å²) in [5, 5.41) is 5.13. The third-order valence-corrected chi connectivity index (χ3v) is 7.89. The van der Waals surface area contributed by atoms with Crippen LogP contribution in [0.1, 0.15) is 21.5 Å². The van der Waals surface area contributed by atoms with E-state index < -0.39 is 16.0 Å². The van der Waals surface area contributed by atoms with Crippen molar-refractivity contribution in [2.24, 2.45) is 0 Å². The van der Waals surface area contributed by atoms with E-state index in [1.54, 1.807) is 65.7 Å². The average molecular weight is 565 g/mol. The molecule has 8 nitrogen and oxygen atoms in total. The Morgan fingerprint density at radius 3 is 2.58 bits per heavy atom. The SMILES string of the molecule is COC(=O)c1cccc(Cn2cc(-c3cn(S(=O)(=O)c4ccc(C)cc4)c4ncc(Br)cc34)cn2)c1. The molecular formula is C26H21BrN4O4S. The minimum atomic E-state index is -3.87. The number of aryl methyl sites for hydroxylation is 1. The van der Waals surface area contributed by atoms with Gasteiger partial charge < -0.3 is 4.74 Å². The highest BCUT2D eigenvalue weighted by molar-refractivity contribution is 9.10. The lowest BCUT2D eigenvalue weighted by Crippen LogP contribution is -2.12. The second-order valence-corrected chi connectivity index (χ2v) is 11.0. The van der Waals surface area contributed by atoms with Gasteiger partial charge in [0.05, 0.1) is 30.3 Å². The fourth-order valence-electron chi connectivity index (χ4n) is 3.98. The van der Waals surface area contributed by atoms with Crippen LogP contribution in [0, 0.1) is 6.92 Å². The molecule has 0 saturated carbocycles. The Morgan fingerprint density at radius 1 is 1.06 bits per heavy atom. The van der Waals surface area contributed by atoms with Crippen molar-refractivity contribution in [1.29, 1.82) is 0 Å². The molecule has 0 amide bonds. The van der Waals surface area contributed by atoms with Gasteiger partial charge in [-0.3, -0.25) is 4.68 Å². The second kappa shape index (κ2) is 9.36. The first-order valence-corrected chi connectivity index (χ1v) is 13.2. The molecule has 0 atom stereocenters. The predicted octanol–water partition coefficient (Wildman–Crippen LogP) is 5.04. The Balaban J connectivity index is 1.55. The normalized spacial score (nSPS) is 11.6. The lowest BCUT2D eigenvalue weighted by atomic mass is 10.1. The minimum absolute atomic E-state index is 0.183. The summed E-state index contributed by atoms with van der Waals surface area (Å²) in [6.45, 7) is 2.33. The Kier molecular flexibility index (Phi) is 6.23. The summed E-state index contributed by atoms with van der Waals surface area (Å²) in [4.78, 5) is 16.4. The van der Waals surface area contributed by atoms with E-state index in [-0.39, 0.29) is 4.90 Å². The highest BCUT2D eigenvalue weighted by Gasteiger charge is 2.23. The van der Waals surface area contributed by atoms with Crippen LogP contribution in [0.25, 0.3) is 22.2 Å². The third-order valence-electron chi connectivity index (χ3n) is 5.79. The predicted molar refractivity (Wildman–Crippen MR) is 139 cm³/mol. The highest BCUT2D eigenvalue weighted by atomic mass is 79.9. The zero-order valence-electron chi connectivity index (χ0n) is 19.4. The molecule has 0 N–H and O–H groups in total. The molecule has 0 radical (unpaired) electrons. The zero-order valence-corrected chi connectivity index (χ0v) is 21.8. The molecule has 0 bridgehead atoms. The first-order valence-electron chi connectivity index (χ1n) is 11.0. The topological polar surface area (TPSA) is 96.1 Å². The number of esters is 1. The number of carbonyl (C=O) groups is 1. The Bertz CT molecular complexity index is 1710. The van der Waals surface area contributed by atoms with E-state index in [0.717, 1.165) is 21.2 Å². The van der Waals surface area contributed by atoms with Crippen molar-refractivity contribution in [2.45, 2.75) is 18.4 Å². The first kappa shape index (κ1) is 24.0. The lowest BCUT2D eigenvalue weighted by molar-refractivity contribution is 0.0600. The van der Waals surface area contributed by atoms with Gasteiger partial charge in [0, 0.05) is 39.6 Å². The summed E-state index contributed by atoms with van der Waals surface area (Å²) in [5.41, 5.74) is 4.06. The van der Waals surface area contributed by atoms with Crippen LogP contribution in [0.2, 0.25) is 0 Å². The molecule has 0 unspecified atom stereocenters. The van der Waals surface area contributed by atoms with Crippen LogP contribution in [0.3, 0.4) is 0 Å². The number of pyridine rings is 1. The summed E-state index contributed by atoms with van der Waals surface area (Å²) >= 11 is 3.45. The molecular weight excluding hydrogens is 544 g/mol. The van der Waals surface area contributed by atoms with Crippen molar-refractivity contribution in [3.63, 3.8) is 0 Å². The summed E-state index contributed by atoms with van der Waals surface area (Å²) in [7, 11) is -2.53. The van der Waals surface area contributed by atoms with Gasteiger partial charge in [0.15, 0.2) is 5.65 Å². The molecule has 36 heavy (non-hydrogen) atoms. The lowest BCUT2D eigenvalue weighted by Gasteiger charge is -2.07. The summed E-state index contributed by atoms with van der Waals surface area (Å²) in [6.07, 6.45) is 6.68. The highest BCUT2D eigenvalue weighted by Crippen LogP contribution is 2.33. The molecule has 3 aromatic heterocycles. The number of fused-ring (bicyclic) bond motifs is 1. The van der Waals surface area contributed by atoms with Crippen LogP contribution in [-0.2, 0) is 21.3 Å². The molecule has 0 saturated heterocycles. The number of nitrogens with zero attached hydrogens (tertiary/aromatic N) is 4. The smallest absolute Gasteiger partial charge is 0.337 e.